The van der Waals surface area contributed by atoms with Crippen molar-refractivity contribution in [2.24, 2.45) is 5.92 Å². The Morgan fingerprint density at radius 1 is 1.11 bits per heavy atom. The van der Waals surface area contributed by atoms with Crippen molar-refractivity contribution in [2.75, 3.05) is 0 Å². The minimum atomic E-state index is 0.657. The van der Waals surface area contributed by atoms with Crippen LogP contribution in [0, 0.1) is 5.92 Å². The fourth-order valence-electron chi connectivity index (χ4n) is 3.67. The van der Waals surface area contributed by atoms with E-state index < -0.39 is 0 Å². The minimum Gasteiger partial charge on any atom is -0.0801 e. The Morgan fingerprint density at radius 2 is 2.05 bits per heavy atom. The van der Waals surface area contributed by atoms with Gasteiger partial charge in [-0.1, -0.05) is 55.5 Å². The highest BCUT2D eigenvalue weighted by atomic mass is 14.3. The average molecular weight is 246 g/mol. The van der Waals surface area contributed by atoms with Crippen molar-refractivity contribution in [1.82, 2.24) is 0 Å². The summed E-state index contributed by atoms with van der Waals surface area (Å²) in [5.41, 5.74) is 6.17. The van der Waals surface area contributed by atoms with Gasteiger partial charge in [0, 0.05) is 0 Å². The van der Waals surface area contributed by atoms with Crippen molar-refractivity contribution < 1.29 is 0 Å². The first-order valence-electron chi connectivity index (χ1n) is 7.23. The summed E-state index contributed by atoms with van der Waals surface area (Å²) in [5.74, 6) is 0.657. The highest BCUT2D eigenvalue weighted by Gasteiger charge is 2.23. The second-order valence-electron chi connectivity index (χ2n) is 5.77. The standard InChI is InChI=1S/C19H18/c1-13-12-19-16-8-3-2-6-14(16)10-11-18(19)17-9-5-4-7-15(13)17/h2-3,5-7,9-11,13H,4,8,12H2,1H3. The third kappa shape index (κ3) is 1.59. The first-order chi connectivity index (χ1) is 9.34. The Hall–Kier alpha value is -1.82. The number of hydrogen-bond acceptors (Lipinski definition) is 0. The van der Waals surface area contributed by atoms with Crippen LogP contribution in [0.4, 0.5) is 0 Å². The molecule has 19 heavy (non-hydrogen) atoms. The third-order valence-electron chi connectivity index (χ3n) is 4.60. The molecule has 0 nitrogen and oxygen atoms in total. The molecular weight excluding hydrogens is 228 g/mol. The van der Waals surface area contributed by atoms with E-state index in [1.165, 1.54) is 22.4 Å². The molecule has 0 radical (unpaired) electrons. The summed E-state index contributed by atoms with van der Waals surface area (Å²) in [7, 11) is 0. The van der Waals surface area contributed by atoms with Gasteiger partial charge in [0.25, 0.3) is 0 Å². The van der Waals surface area contributed by atoms with Crippen LogP contribution in [0.5, 0.6) is 0 Å². The van der Waals surface area contributed by atoms with Gasteiger partial charge in [0.1, 0.15) is 0 Å². The van der Waals surface area contributed by atoms with E-state index in [0.717, 1.165) is 12.8 Å². The monoisotopic (exact) mass is 246 g/mol. The minimum absolute atomic E-state index is 0.657. The molecule has 1 unspecified atom stereocenters. The summed E-state index contributed by atoms with van der Waals surface area (Å²) in [6.45, 7) is 2.37. The zero-order valence-electron chi connectivity index (χ0n) is 11.3. The zero-order valence-corrected chi connectivity index (χ0v) is 11.3. The van der Waals surface area contributed by atoms with Gasteiger partial charge < -0.3 is 0 Å². The SMILES string of the molecule is CC1Cc2c3c(ccc2=C2C=CCC=C21)=CC=CC3. The molecule has 3 aliphatic rings. The van der Waals surface area contributed by atoms with Crippen molar-refractivity contribution in [2.45, 2.75) is 26.2 Å². The van der Waals surface area contributed by atoms with Crippen LogP contribution in [-0.2, 0) is 12.8 Å². The van der Waals surface area contributed by atoms with Gasteiger partial charge in [0.05, 0.1) is 0 Å². The van der Waals surface area contributed by atoms with Crippen molar-refractivity contribution in [3.05, 3.63) is 69.7 Å². The van der Waals surface area contributed by atoms with Gasteiger partial charge in [-0.25, -0.2) is 0 Å². The van der Waals surface area contributed by atoms with Gasteiger partial charge in [-0.15, -0.1) is 0 Å². The topological polar surface area (TPSA) is 0 Å². The maximum absolute atomic E-state index is 2.41. The Labute approximate surface area is 114 Å². The summed E-state index contributed by atoms with van der Waals surface area (Å²) >= 11 is 0. The molecule has 0 amide bonds. The molecule has 0 heterocycles. The van der Waals surface area contributed by atoms with Crippen molar-refractivity contribution in [3.8, 4) is 0 Å². The Bertz CT molecular complexity index is 754. The normalized spacial score (nSPS) is 23.1. The Morgan fingerprint density at radius 3 is 3.00 bits per heavy atom. The lowest BCUT2D eigenvalue weighted by Crippen LogP contribution is -2.30. The molecule has 1 aromatic rings. The largest absolute Gasteiger partial charge is 0.0801 e. The smallest absolute Gasteiger partial charge is 0.00854 e. The van der Waals surface area contributed by atoms with Gasteiger partial charge in [-0.2, -0.15) is 0 Å². The first kappa shape index (κ1) is 11.0. The Balaban J connectivity index is 2.10. The van der Waals surface area contributed by atoms with E-state index in [0.29, 0.717) is 5.92 Å². The molecule has 0 spiro atoms. The number of hydrogen-bond donors (Lipinski definition) is 0. The van der Waals surface area contributed by atoms with Gasteiger partial charge in [0.2, 0.25) is 0 Å². The predicted octanol–water partition coefficient (Wildman–Crippen LogP) is 2.81. The highest BCUT2D eigenvalue weighted by Crippen LogP contribution is 2.31. The van der Waals surface area contributed by atoms with Crippen molar-refractivity contribution in [3.63, 3.8) is 0 Å². The van der Waals surface area contributed by atoms with E-state index in [9.17, 15) is 0 Å². The molecule has 0 bridgehead atoms. The second kappa shape index (κ2) is 4.09. The lowest BCUT2D eigenvalue weighted by Gasteiger charge is -2.28. The fourth-order valence-corrected chi connectivity index (χ4v) is 3.67. The van der Waals surface area contributed by atoms with Crippen LogP contribution in [0.25, 0.3) is 11.6 Å². The molecule has 0 aromatic heterocycles. The Kier molecular flexibility index (Phi) is 2.38. The third-order valence-corrected chi connectivity index (χ3v) is 4.60. The lowest BCUT2D eigenvalue weighted by molar-refractivity contribution is 0.673. The molecule has 0 heteroatoms. The van der Waals surface area contributed by atoms with E-state index in [1.54, 1.807) is 16.7 Å². The highest BCUT2D eigenvalue weighted by molar-refractivity contribution is 5.77. The van der Waals surface area contributed by atoms with Crippen LogP contribution >= 0.6 is 0 Å². The molecule has 0 fully saturated rings. The second-order valence-corrected chi connectivity index (χ2v) is 5.77. The number of benzene rings is 1. The summed E-state index contributed by atoms with van der Waals surface area (Å²) in [4.78, 5) is 0. The van der Waals surface area contributed by atoms with Crippen molar-refractivity contribution in [1.29, 1.82) is 0 Å². The quantitative estimate of drug-likeness (QED) is 0.660. The molecule has 0 saturated carbocycles. The molecule has 94 valence electrons. The van der Waals surface area contributed by atoms with Crippen LogP contribution < -0.4 is 10.4 Å². The molecular formula is C19H18. The zero-order chi connectivity index (χ0) is 12.8. The summed E-state index contributed by atoms with van der Waals surface area (Å²) in [6, 6.07) is 4.62. The van der Waals surface area contributed by atoms with E-state index >= 15 is 0 Å². The number of fused-ring (bicyclic) bond motifs is 4. The van der Waals surface area contributed by atoms with E-state index in [1.807, 2.05) is 0 Å². The van der Waals surface area contributed by atoms with Gasteiger partial charge in [-0.05, 0) is 57.9 Å². The maximum atomic E-state index is 2.41. The maximum Gasteiger partial charge on any atom is -0.00854 e. The van der Waals surface area contributed by atoms with E-state index in [2.05, 4.69) is 55.5 Å². The van der Waals surface area contributed by atoms with E-state index in [-0.39, 0.29) is 0 Å². The molecule has 3 aliphatic carbocycles. The average Bonchev–Trinajstić information content (AvgIpc) is 2.47. The van der Waals surface area contributed by atoms with Gasteiger partial charge in [-0.3, -0.25) is 0 Å². The first-order valence-corrected chi connectivity index (χ1v) is 7.23. The molecule has 4 rings (SSSR count). The van der Waals surface area contributed by atoms with Crippen LogP contribution in [-0.4, -0.2) is 0 Å². The summed E-state index contributed by atoms with van der Waals surface area (Å²) in [5, 5.41) is 2.89. The van der Waals surface area contributed by atoms with Crippen LogP contribution in [0.1, 0.15) is 24.5 Å². The van der Waals surface area contributed by atoms with Gasteiger partial charge in [0.15, 0.2) is 0 Å². The fraction of sp³-hybridized carbons (Fsp3) is 0.263. The van der Waals surface area contributed by atoms with Crippen LogP contribution in [0.15, 0.2) is 48.1 Å². The lowest BCUT2D eigenvalue weighted by atomic mass is 9.77. The predicted molar refractivity (Wildman–Crippen MR) is 81.1 cm³/mol. The molecule has 0 aliphatic heterocycles. The number of allylic oxidation sites excluding steroid dienone is 6. The summed E-state index contributed by atoms with van der Waals surface area (Å²) < 4.78 is 0. The van der Waals surface area contributed by atoms with Crippen molar-refractivity contribution >= 4 is 11.6 Å². The van der Waals surface area contributed by atoms with Crippen LogP contribution in [0.2, 0.25) is 0 Å². The van der Waals surface area contributed by atoms with E-state index in [4.69, 9.17) is 0 Å². The molecule has 1 atom stereocenters. The molecule has 0 N–H and O–H groups in total. The summed E-state index contributed by atoms with van der Waals surface area (Å²) in [6.07, 6.45) is 17.1. The van der Waals surface area contributed by atoms with Gasteiger partial charge >= 0.3 is 0 Å². The molecule has 1 aromatic carbocycles. The number of rotatable bonds is 0. The van der Waals surface area contributed by atoms with Crippen LogP contribution in [0.3, 0.4) is 0 Å². The molecule has 0 saturated heterocycles.